The van der Waals surface area contributed by atoms with Crippen LogP contribution in [0.15, 0.2) is 52.0 Å². The highest BCUT2D eigenvalue weighted by Gasteiger charge is 2.17. The number of nitrogens with zero attached hydrogens (tertiary/aromatic N) is 3. The average molecular weight is 438 g/mol. The standard InChI is InChI=1S/C17H19N5O3S3/c1-11-9-12(2)20-17(19-11)27-10-15(23)21-13-3-5-14(6-4-13)28(24,25)22-16-18-7-8-26-16/h3-9,24-25H,10H2,1-2H3,(H,18,22)(H,21,23). The van der Waals surface area contributed by atoms with Crippen molar-refractivity contribution in [2.75, 3.05) is 15.8 Å². The van der Waals surface area contributed by atoms with E-state index in [1.165, 1.54) is 23.1 Å². The lowest BCUT2D eigenvalue weighted by molar-refractivity contribution is -0.113. The summed E-state index contributed by atoms with van der Waals surface area (Å²) in [7, 11) is -3.22. The number of benzene rings is 1. The molecule has 0 aliphatic carbocycles. The van der Waals surface area contributed by atoms with Gasteiger partial charge in [-0.2, -0.15) is 0 Å². The zero-order valence-electron chi connectivity index (χ0n) is 15.1. The van der Waals surface area contributed by atoms with Gasteiger partial charge in [0.15, 0.2) is 5.16 Å². The number of thiazole rings is 1. The van der Waals surface area contributed by atoms with Gasteiger partial charge in [0.1, 0.15) is 0 Å². The molecule has 28 heavy (non-hydrogen) atoms. The molecule has 4 N–H and O–H groups in total. The lowest BCUT2D eigenvalue weighted by Crippen LogP contribution is -2.14. The zero-order chi connectivity index (χ0) is 20.1. The molecule has 0 saturated carbocycles. The zero-order valence-corrected chi connectivity index (χ0v) is 17.6. The number of hydrogen-bond donors (Lipinski definition) is 4. The summed E-state index contributed by atoms with van der Waals surface area (Å²) in [6, 6.07) is 8.20. The number of aryl methyl sites for hydroxylation is 2. The van der Waals surface area contributed by atoms with Gasteiger partial charge in [0, 0.05) is 28.7 Å². The summed E-state index contributed by atoms with van der Waals surface area (Å²) in [6.07, 6.45) is 1.57. The Kier molecular flexibility index (Phi) is 6.52. The summed E-state index contributed by atoms with van der Waals surface area (Å²) in [5.41, 5.74) is 2.27. The van der Waals surface area contributed by atoms with Crippen molar-refractivity contribution in [3.63, 3.8) is 0 Å². The van der Waals surface area contributed by atoms with E-state index in [1.54, 1.807) is 35.8 Å². The normalized spacial score (nSPS) is 11.9. The van der Waals surface area contributed by atoms with Gasteiger partial charge in [-0.25, -0.2) is 15.0 Å². The number of anilines is 2. The van der Waals surface area contributed by atoms with E-state index >= 15 is 0 Å². The molecule has 2 heterocycles. The highest BCUT2D eigenvalue weighted by Crippen LogP contribution is 2.48. The van der Waals surface area contributed by atoms with Gasteiger partial charge in [0.2, 0.25) is 11.0 Å². The van der Waals surface area contributed by atoms with E-state index in [1.807, 2.05) is 19.9 Å². The lowest BCUT2D eigenvalue weighted by atomic mass is 10.3. The Morgan fingerprint density at radius 3 is 2.46 bits per heavy atom. The minimum Gasteiger partial charge on any atom is -0.325 e. The van der Waals surface area contributed by atoms with E-state index in [-0.39, 0.29) is 11.7 Å². The van der Waals surface area contributed by atoms with Crippen LogP contribution < -0.4 is 10.0 Å². The molecule has 3 rings (SSSR count). The first kappa shape index (κ1) is 20.6. The molecule has 0 saturated heterocycles. The first-order valence-corrected chi connectivity index (χ1v) is 11.5. The van der Waals surface area contributed by atoms with E-state index in [0.717, 1.165) is 11.4 Å². The van der Waals surface area contributed by atoms with Crippen LogP contribution in [0.5, 0.6) is 0 Å². The van der Waals surface area contributed by atoms with Crippen LogP contribution in [0.1, 0.15) is 11.4 Å². The molecule has 0 fully saturated rings. The number of amides is 1. The number of thioether (sulfide) groups is 1. The fourth-order valence-electron chi connectivity index (χ4n) is 2.27. The third kappa shape index (κ3) is 5.66. The largest absolute Gasteiger partial charge is 0.325 e. The SMILES string of the molecule is Cc1cc(C)nc(SCC(=O)Nc2ccc(S(O)(O)Nc3nccs3)cc2)n1. The average Bonchev–Trinajstić information content (AvgIpc) is 3.12. The van der Waals surface area contributed by atoms with Crippen LogP contribution in [0.3, 0.4) is 0 Å². The molecule has 0 bridgehead atoms. The summed E-state index contributed by atoms with van der Waals surface area (Å²) in [6.45, 7) is 3.77. The van der Waals surface area contributed by atoms with Gasteiger partial charge < -0.3 is 5.32 Å². The summed E-state index contributed by atoms with van der Waals surface area (Å²) in [4.78, 5) is 25.0. The van der Waals surface area contributed by atoms with Gasteiger partial charge in [-0.05, 0) is 44.2 Å². The number of rotatable bonds is 7. The maximum atomic E-state index is 12.1. The molecule has 11 heteroatoms. The van der Waals surface area contributed by atoms with Crippen LogP contribution in [-0.4, -0.2) is 35.7 Å². The molecule has 0 radical (unpaired) electrons. The van der Waals surface area contributed by atoms with E-state index in [2.05, 4.69) is 25.0 Å². The van der Waals surface area contributed by atoms with Crippen LogP contribution in [0.4, 0.5) is 10.8 Å². The molecule has 0 unspecified atom stereocenters. The number of aromatic nitrogens is 3. The molecule has 0 atom stereocenters. The highest BCUT2D eigenvalue weighted by molar-refractivity contribution is 8.25. The van der Waals surface area contributed by atoms with Crippen molar-refractivity contribution in [3.05, 3.63) is 53.3 Å². The Hall–Kier alpha value is -2.18. The molecule has 8 nitrogen and oxygen atoms in total. The van der Waals surface area contributed by atoms with Crippen LogP contribution in [0.25, 0.3) is 0 Å². The number of nitrogens with one attached hydrogen (secondary N) is 2. The van der Waals surface area contributed by atoms with Crippen molar-refractivity contribution in [3.8, 4) is 0 Å². The number of hydrogen-bond acceptors (Lipinski definition) is 9. The summed E-state index contributed by atoms with van der Waals surface area (Å²) < 4.78 is 23.2. The number of carbonyl (C=O) groups excluding carboxylic acids is 1. The molecular formula is C17H19N5O3S3. The van der Waals surface area contributed by atoms with Gasteiger partial charge in [0.25, 0.3) is 0 Å². The van der Waals surface area contributed by atoms with Crippen molar-refractivity contribution in [1.82, 2.24) is 15.0 Å². The second-order valence-corrected chi connectivity index (χ2v) is 9.39. The maximum Gasteiger partial charge on any atom is 0.234 e. The van der Waals surface area contributed by atoms with Crippen LogP contribution in [-0.2, 0) is 4.79 Å². The molecule has 0 spiro atoms. The Morgan fingerprint density at radius 2 is 1.86 bits per heavy atom. The third-order valence-electron chi connectivity index (χ3n) is 3.42. The van der Waals surface area contributed by atoms with E-state index in [9.17, 15) is 13.9 Å². The lowest BCUT2D eigenvalue weighted by Gasteiger charge is -2.32. The second kappa shape index (κ2) is 8.88. The Labute approximate surface area is 172 Å². The van der Waals surface area contributed by atoms with Crippen molar-refractivity contribution in [2.45, 2.75) is 23.9 Å². The Morgan fingerprint density at radius 1 is 1.18 bits per heavy atom. The molecule has 0 aliphatic rings. The van der Waals surface area contributed by atoms with Crippen molar-refractivity contribution >= 4 is 50.6 Å². The predicted octanol–water partition coefficient (Wildman–Crippen LogP) is 4.42. The Bertz CT molecular complexity index is 929. The molecule has 1 aromatic carbocycles. The molecular weight excluding hydrogens is 418 g/mol. The number of carbonyl (C=O) groups is 1. The minimum absolute atomic E-state index is 0.172. The summed E-state index contributed by atoms with van der Waals surface area (Å²) in [5, 5.41) is 5.48. The van der Waals surface area contributed by atoms with E-state index < -0.39 is 10.8 Å². The van der Waals surface area contributed by atoms with Gasteiger partial charge in [-0.1, -0.05) is 22.5 Å². The van der Waals surface area contributed by atoms with E-state index in [0.29, 0.717) is 20.9 Å². The topological polar surface area (TPSA) is 120 Å². The fourth-order valence-corrected chi connectivity index (χ4v) is 4.86. The van der Waals surface area contributed by atoms with Crippen LogP contribution in [0.2, 0.25) is 0 Å². The van der Waals surface area contributed by atoms with Gasteiger partial charge >= 0.3 is 0 Å². The first-order chi connectivity index (χ1) is 13.3. The van der Waals surface area contributed by atoms with Crippen molar-refractivity contribution in [2.24, 2.45) is 0 Å². The van der Waals surface area contributed by atoms with E-state index in [4.69, 9.17) is 0 Å². The quantitative estimate of drug-likeness (QED) is 0.317. The molecule has 1 amide bonds. The molecule has 2 aromatic heterocycles. The summed E-state index contributed by atoms with van der Waals surface area (Å²) in [5.74, 6) is -0.0288. The summed E-state index contributed by atoms with van der Waals surface area (Å²) >= 11 is 2.53. The smallest absolute Gasteiger partial charge is 0.234 e. The second-order valence-electron chi connectivity index (χ2n) is 5.78. The molecule has 0 aliphatic heterocycles. The fraction of sp³-hybridized carbons (Fsp3) is 0.176. The molecule has 3 aromatic rings. The third-order valence-corrected chi connectivity index (χ3v) is 6.50. The van der Waals surface area contributed by atoms with Crippen LogP contribution >= 0.6 is 33.9 Å². The molecule has 148 valence electrons. The minimum atomic E-state index is -3.22. The monoisotopic (exact) mass is 437 g/mol. The van der Waals surface area contributed by atoms with Crippen molar-refractivity contribution < 1.29 is 13.9 Å². The maximum absolute atomic E-state index is 12.1. The highest BCUT2D eigenvalue weighted by atomic mass is 32.3. The Balaban J connectivity index is 1.56. The van der Waals surface area contributed by atoms with Crippen LogP contribution in [0, 0.1) is 13.8 Å². The predicted molar refractivity (Wildman–Crippen MR) is 114 cm³/mol. The van der Waals surface area contributed by atoms with Gasteiger partial charge in [-0.15, -0.1) is 11.3 Å². The first-order valence-electron chi connectivity index (χ1n) is 8.12. The van der Waals surface area contributed by atoms with Crippen molar-refractivity contribution in [1.29, 1.82) is 0 Å². The van der Waals surface area contributed by atoms with Gasteiger partial charge in [-0.3, -0.25) is 18.6 Å². The van der Waals surface area contributed by atoms with Gasteiger partial charge in [0.05, 0.1) is 10.6 Å².